The Balaban J connectivity index is 1.28. The molecule has 1 aromatic rings. The highest BCUT2D eigenvalue weighted by atomic mass is 16.5. The van der Waals surface area contributed by atoms with Crippen molar-refractivity contribution >= 4 is 17.6 Å². The van der Waals surface area contributed by atoms with Gasteiger partial charge < -0.3 is 14.5 Å². The van der Waals surface area contributed by atoms with Crippen molar-refractivity contribution in [1.29, 1.82) is 0 Å². The molecule has 1 aromatic heterocycles. The van der Waals surface area contributed by atoms with Crippen LogP contribution in [-0.4, -0.2) is 70.3 Å². The molecule has 3 fully saturated rings. The first-order valence-corrected chi connectivity index (χ1v) is 10.4. The SMILES string of the molecule is CCN1C[C@@]23C=C[C@@H](O2)[C@@H](C(=O)N2CCC(C(=O)c4cccnc4)CC2)[C@H]3C1=O. The topological polar surface area (TPSA) is 79.8 Å². The number of nitrogens with zero attached hydrogens (tertiary/aromatic N) is 3. The fourth-order valence-corrected chi connectivity index (χ4v) is 5.44. The van der Waals surface area contributed by atoms with Crippen molar-refractivity contribution in [2.45, 2.75) is 31.5 Å². The van der Waals surface area contributed by atoms with E-state index in [0.29, 0.717) is 44.6 Å². The molecule has 7 nitrogen and oxygen atoms in total. The number of piperidine rings is 1. The van der Waals surface area contributed by atoms with Crippen molar-refractivity contribution in [3.05, 3.63) is 42.2 Å². The van der Waals surface area contributed by atoms with Crippen molar-refractivity contribution in [2.75, 3.05) is 26.2 Å². The number of hydrogen-bond acceptors (Lipinski definition) is 5. The number of likely N-dealkylation sites (tertiary alicyclic amines) is 2. The van der Waals surface area contributed by atoms with Crippen molar-refractivity contribution in [3.8, 4) is 0 Å². The van der Waals surface area contributed by atoms with Gasteiger partial charge in [-0.25, -0.2) is 0 Å². The molecule has 1 spiro atoms. The minimum Gasteiger partial charge on any atom is -0.360 e. The molecule has 7 heteroatoms. The molecule has 2 bridgehead atoms. The number of aromatic nitrogens is 1. The van der Waals surface area contributed by atoms with Crippen LogP contribution in [-0.2, 0) is 14.3 Å². The maximum Gasteiger partial charge on any atom is 0.230 e. The largest absolute Gasteiger partial charge is 0.360 e. The van der Waals surface area contributed by atoms with Gasteiger partial charge >= 0.3 is 0 Å². The van der Waals surface area contributed by atoms with E-state index in [1.165, 1.54) is 0 Å². The summed E-state index contributed by atoms with van der Waals surface area (Å²) in [6.07, 6.45) is 8.15. The van der Waals surface area contributed by atoms with Crippen LogP contribution < -0.4 is 0 Å². The van der Waals surface area contributed by atoms with E-state index < -0.39 is 17.4 Å². The normalized spacial score (nSPS) is 33.4. The van der Waals surface area contributed by atoms with Crippen molar-refractivity contribution in [1.82, 2.24) is 14.8 Å². The van der Waals surface area contributed by atoms with Gasteiger partial charge in [-0.2, -0.15) is 0 Å². The molecule has 2 amide bonds. The number of carbonyl (C=O) groups excluding carboxylic acids is 3. The third-order valence-electron chi connectivity index (χ3n) is 6.97. The van der Waals surface area contributed by atoms with E-state index in [1.807, 2.05) is 24.0 Å². The van der Waals surface area contributed by atoms with E-state index in [0.717, 1.165) is 0 Å². The molecule has 0 saturated carbocycles. The molecular formula is C22H25N3O4. The highest BCUT2D eigenvalue weighted by molar-refractivity contribution is 5.98. The van der Waals surface area contributed by atoms with E-state index >= 15 is 0 Å². The molecule has 29 heavy (non-hydrogen) atoms. The van der Waals surface area contributed by atoms with Crippen LogP contribution in [0.3, 0.4) is 0 Å². The molecule has 0 radical (unpaired) electrons. The summed E-state index contributed by atoms with van der Waals surface area (Å²) in [6.45, 7) is 4.18. The minimum atomic E-state index is -0.632. The van der Waals surface area contributed by atoms with E-state index in [4.69, 9.17) is 4.74 Å². The standard InChI is InChI=1S/C22H25N3O4/c1-2-24-13-22-8-5-16(29-22)17(18(22)21(24)28)20(27)25-10-6-14(7-11-25)19(26)15-4-3-9-23-12-15/h3-5,8-9,12,14,16-18H,2,6-7,10-11,13H2,1H3/t16-,17-,18+,22-/m1/s1. The molecule has 4 aliphatic rings. The summed E-state index contributed by atoms with van der Waals surface area (Å²) in [6, 6.07) is 3.55. The smallest absolute Gasteiger partial charge is 0.230 e. The van der Waals surface area contributed by atoms with Gasteiger partial charge in [-0.1, -0.05) is 12.2 Å². The van der Waals surface area contributed by atoms with E-state index in [9.17, 15) is 14.4 Å². The van der Waals surface area contributed by atoms with Gasteiger partial charge in [0.15, 0.2) is 5.78 Å². The molecule has 4 aliphatic heterocycles. The lowest BCUT2D eigenvalue weighted by molar-refractivity contribution is -0.144. The monoisotopic (exact) mass is 395 g/mol. The Morgan fingerprint density at radius 1 is 1.31 bits per heavy atom. The molecule has 0 unspecified atom stereocenters. The maximum atomic E-state index is 13.4. The molecule has 0 aromatic carbocycles. The second-order valence-electron chi connectivity index (χ2n) is 8.46. The van der Waals surface area contributed by atoms with Gasteiger partial charge in [0.05, 0.1) is 24.5 Å². The van der Waals surface area contributed by atoms with Gasteiger partial charge in [-0.3, -0.25) is 19.4 Å². The Labute approximate surface area is 169 Å². The molecule has 0 N–H and O–H groups in total. The van der Waals surface area contributed by atoms with Crippen LogP contribution in [0.2, 0.25) is 0 Å². The van der Waals surface area contributed by atoms with Gasteiger partial charge in [-0.05, 0) is 31.9 Å². The van der Waals surface area contributed by atoms with Crippen molar-refractivity contribution < 1.29 is 19.1 Å². The predicted octanol–water partition coefficient (Wildman–Crippen LogP) is 1.30. The summed E-state index contributed by atoms with van der Waals surface area (Å²) < 4.78 is 6.15. The van der Waals surface area contributed by atoms with Gasteiger partial charge in [0.1, 0.15) is 5.60 Å². The molecule has 3 saturated heterocycles. The molecule has 0 aliphatic carbocycles. The van der Waals surface area contributed by atoms with Gasteiger partial charge in [0.2, 0.25) is 11.8 Å². The van der Waals surface area contributed by atoms with Crippen LogP contribution in [0.4, 0.5) is 0 Å². The van der Waals surface area contributed by atoms with Crippen LogP contribution in [0.1, 0.15) is 30.1 Å². The number of likely N-dealkylation sites (N-methyl/N-ethyl adjacent to an activating group) is 1. The highest BCUT2D eigenvalue weighted by Crippen LogP contribution is 2.52. The minimum absolute atomic E-state index is 0.00944. The van der Waals surface area contributed by atoms with E-state index in [-0.39, 0.29) is 29.6 Å². The molecule has 5 rings (SSSR count). The van der Waals surface area contributed by atoms with Crippen LogP contribution in [0, 0.1) is 17.8 Å². The molecular weight excluding hydrogens is 370 g/mol. The maximum absolute atomic E-state index is 13.4. The zero-order valence-corrected chi connectivity index (χ0v) is 16.5. The fraction of sp³-hybridized carbons (Fsp3) is 0.545. The van der Waals surface area contributed by atoms with Gasteiger partial charge in [-0.15, -0.1) is 0 Å². The third-order valence-corrected chi connectivity index (χ3v) is 6.97. The number of hydrogen-bond donors (Lipinski definition) is 0. The second kappa shape index (κ2) is 6.76. The highest BCUT2D eigenvalue weighted by Gasteiger charge is 2.67. The summed E-state index contributed by atoms with van der Waals surface area (Å²) in [4.78, 5) is 46.6. The Kier molecular flexibility index (Phi) is 4.31. The average Bonchev–Trinajstić information content (AvgIpc) is 3.41. The summed E-state index contributed by atoms with van der Waals surface area (Å²) in [5.41, 5.74) is -0.00534. The first kappa shape index (κ1) is 18.5. The number of ether oxygens (including phenoxy) is 1. The lowest BCUT2D eigenvalue weighted by Gasteiger charge is -2.35. The van der Waals surface area contributed by atoms with Crippen molar-refractivity contribution in [2.24, 2.45) is 17.8 Å². The average molecular weight is 395 g/mol. The summed E-state index contributed by atoms with van der Waals surface area (Å²) in [7, 11) is 0. The Hall–Kier alpha value is -2.54. The number of carbonyl (C=O) groups is 3. The summed E-state index contributed by atoms with van der Waals surface area (Å²) in [5.74, 6) is -0.840. The van der Waals surface area contributed by atoms with Crippen LogP contribution in [0.15, 0.2) is 36.7 Å². The zero-order valence-electron chi connectivity index (χ0n) is 16.5. The Morgan fingerprint density at radius 3 is 2.79 bits per heavy atom. The number of rotatable bonds is 4. The summed E-state index contributed by atoms with van der Waals surface area (Å²) in [5, 5.41) is 0. The quantitative estimate of drug-likeness (QED) is 0.567. The van der Waals surface area contributed by atoms with Gasteiger partial charge in [0, 0.05) is 43.5 Å². The van der Waals surface area contributed by atoms with Crippen molar-refractivity contribution in [3.63, 3.8) is 0 Å². The number of ketones is 1. The van der Waals surface area contributed by atoms with E-state index in [2.05, 4.69) is 4.98 Å². The van der Waals surface area contributed by atoms with Crippen LogP contribution in [0.5, 0.6) is 0 Å². The number of Topliss-reactive ketones (excluding diaryl/α,β-unsaturated/α-hetero) is 1. The van der Waals surface area contributed by atoms with Crippen LogP contribution in [0.25, 0.3) is 0 Å². The lowest BCUT2D eigenvalue weighted by atomic mass is 9.76. The first-order valence-electron chi connectivity index (χ1n) is 10.4. The van der Waals surface area contributed by atoms with E-state index in [1.54, 1.807) is 29.4 Å². The third kappa shape index (κ3) is 2.74. The Bertz CT molecular complexity index is 877. The molecule has 152 valence electrons. The Morgan fingerprint density at radius 2 is 2.10 bits per heavy atom. The number of pyridine rings is 1. The van der Waals surface area contributed by atoms with Gasteiger partial charge in [0.25, 0.3) is 0 Å². The molecule has 5 heterocycles. The predicted molar refractivity (Wildman–Crippen MR) is 104 cm³/mol. The second-order valence-corrected chi connectivity index (χ2v) is 8.46. The first-order chi connectivity index (χ1) is 14.0. The fourth-order valence-electron chi connectivity index (χ4n) is 5.44. The zero-order chi connectivity index (χ0) is 20.2. The van der Waals surface area contributed by atoms with Crippen LogP contribution >= 0.6 is 0 Å². The molecule has 4 atom stereocenters. The lowest BCUT2D eigenvalue weighted by Crippen LogP contribution is -2.49. The summed E-state index contributed by atoms with van der Waals surface area (Å²) >= 11 is 0. The number of amides is 2. The number of fused-ring (bicyclic) bond motifs is 1.